The summed E-state index contributed by atoms with van der Waals surface area (Å²) in [5, 5.41) is 10.6. The van der Waals surface area contributed by atoms with Crippen LogP contribution in [0, 0.1) is 0 Å². The van der Waals surface area contributed by atoms with Crippen molar-refractivity contribution in [2.45, 2.75) is 23.6 Å². The molecule has 4 rings (SSSR count). The fraction of sp³-hybridized carbons (Fsp3) is 0.150. The molecule has 1 aliphatic heterocycles. The summed E-state index contributed by atoms with van der Waals surface area (Å²) in [6.07, 6.45) is 3.56. The average molecular weight is 413 g/mol. The quantitative estimate of drug-likeness (QED) is 0.681. The van der Waals surface area contributed by atoms with Crippen molar-refractivity contribution >= 4 is 40.9 Å². The molecular weight excluding hydrogens is 396 g/mol. The Morgan fingerprint density at radius 3 is 2.86 bits per heavy atom. The Hall–Kier alpha value is -2.77. The zero-order valence-electron chi connectivity index (χ0n) is 15.0. The van der Waals surface area contributed by atoms with Gasteiger partial charge in [-0.2, -0.15) is 5.10 Å². The number of thioether (sulfide) groups is 1. The van der Waals surface area contributed by atoms with Crippen LogP contribution in [0.1, 0.15) is 22.8 Å². The molecule has 3 aromatic rings. The van der Waals surface area contributed by atoms with Gasteiger partial charge in [-0.3, -0.25) is 9.59 Å². The van der Waals surface area contributed by atoms with Gasteiger partial charge >= 0.3 is 0 Å². The van der Waals surface area contributed by atoms with Crippen molar-refractivity contribution in [2.75, 3.05) is 5.32 Å². The molecule has 1 aromatic heterocycles. The maximum atomic E-state index is 12.5. The van der Waals surface area contributed by atoms with Crippen LogP contribution in [-0.2, 0) is 11.3 Å². The third-order valence-electron chi connectivity index (χ3n) is 4.35. The Balaban J connectivity index is 1.42. The number of anilines is 1. The number of benzene rings is 2. The van der Waals surface area contributed by atoms with Gasteiger partial charge in [-0.05, 0) is 49.4 Å². The fourth-order valence-corrected chi connectivity index (χ4v) is 3.88. The van der Waals surface area contributed by atoms with Crippen LogP contribution in [0.15, 0.2) is 59.8 Å². The van der Waals surface area contributed by atoms with E-state index in [9.17, 15) is 9.59 Å². The number of fused-ring (bicyclic) bond motifs is 1. The summed E-state index contributed by atoms with van der Waals surface area (Å²) in [6.45, 7) is 2.20. The monoisotopic (exact) mass is 412 g/mol. The smallest absolute Gasteiger partial charge is 0.251 e. The third-order valence-corrected chi connectivity index (χ3v) is 5.78. The van der Waals surface area contributed by atoms with Crippen LogP contribution in [0.4, 0.5) is 5.69 Å². The molecule has 1 aliphatic rings. The van der Waals surface area contributed by atoms with Gasteiger partial charge in [0.2, 0.25) is 5.91 Å². The zero-order chi connectivity index (χ0) is 19.7. The van der Waals surface area contributed by atoms with Crippen molar-refractivity contribution in [3.05, 3.63) is 71.0 Å². The van der Waals surface area contributed by atoms with E-state index in [-0.39, 0.29) is 17.1 Å². The van der Waals surface area contributed by atoms with E-state index in [4.69, 9.17) is 11.6 Å². The number of carbonyl (C=O) groups is 2. The summed E-state index contributed by atoms with van der Waals surface area (Å²) in [4.78, 5) is 25.3. The molecule has 8 heteroatoms. The highest BCUT2D eigenvalue weighted by molar-refractivity contribution is 8.00. The largest absolute Gasteiger partial charge is 0.348 e. The lowest BCUT2D eigenvalue weighted by Gasteiger charge is -2.21. The van der Waals surface area contributed by atoms with Gasteiger partial charge < -0.3 is 10.6 Å². The molecule has 0 saturated carbocycles. The van der Waals surface area contributed by atoms with E-state index in [1.807, 2.05) is 31.3 Å². The van der Waals surface area contributed by atoms with Crippen molar-refractivity contribution in [3.8, 4) is 5.69 Å². The first kappa shape index (κ1) is 18.6. The molecule has 1 atom stereocenters. The van der Waals surface area contributed by atoms with Crippen LogP contribution in [0.25, 0.3) is 5.69 Å². The number of amides is 2. The minimum absolute atomic E-state index is 0.0512. The highest BCUT2D eigenvalue weighted by Crippen LogP contribution is 2.35. The van der Waals surface area contributed by atoms with E-state index < -0.39 is 0 Å². The molecule has 1 unspecified atom stereocenters. The van der Waals surface area contributed by atoms with Gasteiger partial charge in [0.05, 0.1) is 22.8 Å². The van der Waals surface area contributed by atoms with Crippen LogP contribution in [0.3, 0.4) is 0 Å². The number of hydrogen-bond donors (Lipinski definition) is 2. The number of hydrogen-bond acceptors (Lipinski definition) is 4. The van der Waals surface area contributed by atoms with Gasteiger partial charge in [-0.25, -0.2) is 4.68 Å². The van der Waals surface area contributed by atoms with Crippen LogP contribution < -0.4 is 10.6 Å². The summed E-state index contributed by atoms with van der Waals surface area (Å²) >= 11 is 7.39. The second-order valence-corrected chi connectivity index (χ2v) is 8.23. The second kappa shape index (κ2) is 7.69. The third kappa shape index (κ3) is 3.90. The molecule has 2 amide bonds. The average Bonchev–Trinajstić information content (AvgIpc) is 3.16. The topological polar surface area (TPSA) is 76.0 Å². The number of carbonyl (C=O) groups excluding carboxylic acids is 2. The van der Waals surface area contributed by atoms with Crippen molar-refractivity contribution in [2.24, 2.45) is 0 Å². The first-order valence-electron chi connectivity index (χ1n) is 8.69. The summed E-state index contributed by atoms with van der Waals surface area (Å²) in [7, 11) is 0. The SMILES string of the molecule is CC1Sc2ccc(C(=O)NCc3cnn(-c4ccc(Cl)cc4)c3)cc2NC1=O. The van der Waals surface area contributed by atoms with E-state index in [1.54, 1.807) is 35.1 Å². The first-order valence-corrected chi connectivity index (χ1v) is 9.94. The van der Waals surface area contributed by atoms with Crippen LogP contribution in [-0.4, -0.2) is 26.8 Å². The summed E-state index contributed by atoms with van der Waals surface area (Å²) in [5.74, 6) is -0.260. The predicted octanol–water partition coefficient (Wildman–Crippen LogP) is 3.89. The lowest BCUT2D eigenvalue weighted by atomic mass is 10.1. The molecule has 2 N–H and O–H groups in total. The molecule has 2 aromatic carbocycles. The normalized spacial score (nSPS) is 15.6. The van der Waals surface area contributed by atoms with Crippen molar-refractivity contribution in [1.29, 1.82) is 0 Å². The van der Waals surface area contributed by atoms with Gasteiger partial charge in [0.15, 0.2) is 0 Å². The molecular formula is C20H17ClN4O2S. The van der Waals surface area contributed by atoms with Gasteiger partial charge in [-0.1, -0.05) is 11.6 Å². The Morgan fingerprint density at radius 2 is 2.07 bits per heavy atom. The molecule has 0 saturated heterocycles. The van der Waals surface area contributed by atoms with Gasteiger partial charge in [0.1, 0.15) is 0 Å². The van der Waals surface area contributed by atoms with E-state index in [0.717, 1.165) is 16.1 Å². The number of nitrogens with zero attached hydrogens (tertiary/aromatic N) is 2. The zero-order valence-corrected chi connectivity index (χ0v) is 16.6. The maximum absolute atomic E-state index is 12.5. The maximum Gasteiger partial charge on any atom is 0.251 e. The van der Waals surface area contributed by atoms with Crippen LogP contribution in [0.5, 0.6) is 0 Å². The summed E-state index contributed by atoms with van der Waals surface area (Å²) < 4.78 is 1.73. The Morgan fingerprint density at radius 1 is 1.29 bits per heavy atom. The first-order chi connectivity index (χ1) is 13.5. The fourth-order valence-electron chi connectivity index (χ4n) is 2.82. The Bertz CT molecular complexity index is 1050. The van der Waals surface area contributed by atoms with E-state index in [0.29, 0.717) is 22.8 Å². The molecule has 142 valence electrons. The molecule has 2 heterocycles. The number of halogens is 1. The number of rotatable bonds is 4. The Kier molecular flexibility index (Phi) is 5.11. The molecule has 0 aliphatic carbocycles. The number of aromatic nitrogens is 2. The van der Waals surface area contributed by atoms with E-state index >= 15 is 0 Å². The van der Waals surface area contributed by atoms with Gasteiger partial charge in [0.25, 0.3) is 5.91 Å². The van der Waals surface area contributed by atoms with E-state index in [2.05, 4.69) is 15.7 Å². The minimum atomic E-state index is -0.208. The second-order valence-electron chi connectivity index (χ2n) is 6.41. The van der Waals surface area contributed by atoms with Crippen LogP contribution >= 0.6 is 23.4 Å². The molecule has 28 heavy (non-hydrogen) atoms. The molecule has 0 fully saturated rings. The molecule has 0 radical (unpaired) electrons. The molecule has 0 spiro atoms. The van der Waals surface area contributed by atoms with Crippen molar-refractivity contribution in [1.82, 2.24) is 15.1 Å². The molecule has 0 bridgehead atoms. The van der Waals surface area contributed by atoms with E-state index in [1.165, 1.54) is 11.8 Å². The summed E-state index contributed by atoms with van der Waals surface area (Å²) in [6, 6.07) is 12.7. The van der Waals surface area contributed by atoms with Crippen LogP contribution in [0.2, 0.25) is 5.02 Å². The minimum Gasteiger partial charge on any atom is -0.348 e. The standard InChI is InChI=1S/C20H17ClN4O2S/c1-12-19(26)24-17-8-14(2-7-18(17)28-12)20(27)22-9-13-10-23-25(11-13)16-5-3-15(21)4-6-16/h2-8,10-12H,9H2,1H3,(H,22,27)(H,24,26). The van der Waals surface area contributed by atoms with Crippen molar-refractivity contribution in [3.63, 3.8) is 0 Å². The lowest BCUT2D eigenvalue weighted by Crippen LogP contribution is -2.27. The lowest BCUT2D eigenvalue weighted by molar-refractivity contribution is -0.115. The Labute approximate surface area is 171 Å². The highest BCUT2D eigenvalue weighted by Gasteiger charge is 2.23. The van der Waals surface area contributed by atoms with Gasteiger partial charge in [-0.15, -0.1) is 11.8 Å². The summed E-state index contributed by atoms with van der Waals surface area (Å²) in [5.41, 5.74) is 2.94. The highest BCUT2D eigenvalue weighted by atomic mass is 35.5. The van der Waals surface area contributed by atoms with Crippen molar-refractivity contribution < 1.29 is 9.59 Å². The predicted molar refractivity (Wildman–Crippen MR) is 110 cm³/mol. The van der Waals surface area contributed by atoms with Gasteiger partial charge in [0, 0.05) is 33.8 Å². The number of nitrogens with one attached hydrogen (secondary N) is 2. The molecule has 6 nitrogen and oxygen atoms in total.